The van der Waals surface area contributed by atoms with E-state index in [-0.39, 0.29) is 0 Å². The van der Waals surface area contributed by atoms with E-state index in [0.29, 0.717) is 13.2 Å². The molecule has 0 aromatic rings. The Balaban J connectivity index is 2.41. The predicted octanol–water partition coefficient (Wildman–Crippen LogP) is 0.184. The third kappa shape index (κ3) is 3.68. The summed E-state index contributed by atoms with van der Waals surface area (Å²) in [6, 6.07) is 0. The van der Waals surface area contributed by atoms with E-state index < -0.39 is 0 Å². The van der Waals surface area contributed by atoms with Crippen LogP contribution >= 0.6 is 0 Å². The Bertz CT molecular complexity index is 208. The first kappa shape index (κ1) is 12.3. The Hall–Kier alpha value is -0.810. The van der Waals surface area contributed by atoms with Crippen molar-refractivity contribution in [2.45, 2.75) is 19.8 Å². The van der Waals surface area contributed by atoms with Crippen molar-refractivity contribution in [3.8, 4) is 0 Å². The van der Waals surface area contributed by atoms with E-state index in [1.807, 2.05) is 0 Å². The summed E-state index contributed by atoms with van der Waals surface area (Å²) in [4.78, 5) is 6.58. The van der Waals surface area contributed by atoms with Gasteiger partial charge in [-0.05, 0) is 12.3 Å². The minimum Gasteiger partial charge on any atom is -0.383 e. The van der Waals surface area contributed by atoms with Crippen LogP contribution in [-0.2, 0) is 4.74 Å². The molecule has 1 fully saturated rings. The van der Waals surface area contributed by atoms with Crippen LogP contribution in [0.25, 0.3) is 0 Å². The first-order valence-electron chi connectivity index (χ1n) is 5.56. The number of methoxy groups -OCH3 is 1. The average molecular weight is 214 g/mol. The Labute approximate surface area is 91.6 Å². The van der Waals surface area contributed by atoms with Crippen LogP contribution in [0, 0.1) is 5.92 Å². The highest BCUT2D eigenvalue weighted by molar-refractivity contribution is 5.79. The van der Waals surface area contributed by atoms with E-state index in [1.165, 1.54) is 12.8 Å². The van der Waals surface area contributed by atoms with Crippen LogP contribution in [0.15, 0.2) is 4.99 Å². The van der Waals surface area contributed by atoms with Gasteiger partial charge in [0, 0.05) is 20.2 Å². The molecular formula is C10H22N4O. The lowest BCUT2D eigenvalue weighted by atomic mass is 10.1. The molecule has 1 rings (SSSR count). The molecule has 0 aliphatic carbocycles. The van der Waals surface area contributed by atoms with Crippen molar-refractivity contribution in [1.82, 2.24) is 10.3 Å². The summed E-state index contributed by atoms with van der Waals surface area (Å²) in [6.45, 7) is 5.63. The van der Waals surface area contributed by atoms with Crippen molar-refractivity contribution in [3.63, 3.8) is 0 Å². The van der Waals surface area contributed by atoms with Crippen molar-refractivity contribution < 1.29 is 4.74 Å². The summed E-state index contributed by atoms with van der Waals surface area (Å²) in [5.41, 5.74) is 2.67. The van der Waals surface area contributed by atoms with Crippen LogP contribution in [0.1, 0.15) is 19.8 Å². The molecule has 1 saturated heterocycles. The number of guanidine groups is 1. The van der Waals surface area contributed by atoms with Gasteiger partial charge in [0.15, 0.2) is 0 Å². The quantitative estimate of drug-likeness (QED) is 0.230. The molecule has 1 atom stereocenters. The Kier molecular flexibility index (Phi) is 5.42. The summed E-state index contributed by atoms with van der Waals surface area (Å²) >= 11 is 0. The van der Waals surface area contributed by atoms with Crippen LogP contribution in [-0.4, -0.2) is 44.2 Å². The van der Waals surface area contributed by atoms with E-state index in [9.17, 15) is 0 Å². The molecule has 0 spiro atoms. The van der Waals surface area contributed by atoms with E-state index in [0.717, 1.165) is 25.0 Å². The molecule has 0 bridgehead atoms. The minimum absolute atomic E-state index is 0.635. The van der Waals surface area contributed by atoms with Crippen LogP contribution in [0.5, 0.6) is 0 Å². The molecule has 1 aliphatic heterocycles. The molecular weight excluding hydrogens is 192 g/mol. The van der Waals surface area contributed by atoms with Gasteiger partial charge in [-0.25, -0.2) is 10.8 Å². The summed E-state index contributed by atoms with van der Waals surface area (Å²) in [7, 11) is 1.67. The molecule has 0 saturated carbocycles. The van der Waals surface area contributed by atoms with Gasteiger partial charge in [-0.15, -0.1) is 0 Å². The molecule has 1 aliphatic rings. The number of aliphatic imine (C=N–C) groups is 1. The highest BCUT2D eigenvalue weighted by Crippen LogP contribution is 2.18. The summed E-state index contributed by atoms with van der Waals surface area (Å²) in [5, 5.41) is 0. The van der Waals surface area contributed by atoms with Gasteiger partial charge in [0.25, 0.3) is 0 Å². The Morgan fingerprint density at radius 2 is 2.47 bits per heavy atom. The van der Waals surface area contributed by atoms with Crippen molar-refractivity contribution in [1.29, 1.82) is 0 Å². The van der Waals surface area contributed by atoms with Gasteiger partial charge >= 0.3 is 0 Å². The summed E-state index contributed by atoms with van der Waals surface area (Å²) in [6.07, 6.45) is 2.47. The van der Waals surface area contributed by atoms with Crippen molar-refractivity contribution in [2.75, 3.05) is 33.4 Å². The highest BCUT2D eigenvalue weighted by Gasteiger charge is 2.22. The summed E-state index contributed by atoms with van der Waals surface area (Å²) < 4.78 is 4.95. The molecule has 5 nitrogen and oxygen atoms in total. The fraction of sp³-hybridized carbons (Fsp3) is 0.900. The van der Waals surface area contributed by atoms with E-state index in [4.69, 9.17) is 10.6 Å². The second-order valence-electron chi connectivity index (χ2n) is 3.85. The fourth-order valence-electron chi connectivity index (χ4n) is 1.84. The Morgan fingerprint density at radius 1 is 1.67 bits per heavy atom. The first-order valence-corrected chi connectivity index (χ1v) is 5.56. The smallest absolute Gasteiger partial charge is 0.208 e. The van der Waals surface area contributed by atoms with E-state index in [1.54, 1.807) is 7.11 Å². The molecule has 0 aromatic carbocycles. The monoisotopic (exact) mass is 214 g/mol. The molecule has 0 radical (unpaired) electrons. The summed E-state index contributed by atoms with van der Waals surface area (Å²) in [5.74, 6) is 7.04. The van der Waals surface area contributed by atoms with Gasteiger partial charge in [0.1, 0.15) is 0 Å². The predicted molar refractivity (Wildman–Crippen MR) is 61.5 cm³/mol. The zero-order valence-corrected chi connectivity index (χ0v) is 9.70. The average Bonchev–Trinajstić information content (AvgIpc) is 2.73. The zero-order valence-electron chi connectivity index (χ0n) is 9.70. The molecule has 15 heavy (non-hydrogen) atoms. The number of hydrogen-bond donors (Lipinski definition) is 2. The Morgan fingerprint density at radius 3 is 3.00 bits per heavy atom. The number of hydrogen-bond acceptors (Lipinski definition) is 3. The molecule has 1 heterocycles. The number of likely N-dealkylation sites (tertiary alicyclic amines) is 1. The van der Waals surface area contributed by atoms with Crippen LogP contribution in [0.2, 0.25) is 0 Å². The molecule has 5 heteroatoms. The highest BCUT2D eigenvalue weighted by atomic mass is 16.5. The van der Waals surface area contributed by atoms with Gasteiger partial charge < -0.3 is 9.64 Å². The van der Waals surface area contributed by atoms with Crippen LogP contribution < -0.4 is 11.3 Å². The topological polar surface area (TPSA) is 62.9 Å². The third-order valence-electron chi connectivity index (χ3n) is 2.85. The molecule has 1 unspecified atom stereocenters. The van der Waals surface area contributed by atoms with Gasteiger partial charge in [-0.1, -0.05) is 13.3 Å². The largest absolute Gasteiger partial charge is 0.383 e. The molecule has 0 amide bonds. The zero-order chi connectivity index (χ0) is 11.1. The van der Waals surface area contributed by atoms with Gasteiger partial charge in [-0.2, -0.15) is 0 Å². The van der Waals surface area contributed by atoms with Crippen LogP contribution in [0.3, 0.4) is 0 Å². The number of nitrogens with zero attached hydrogens (tertiary/aromatic N) is 2. The number of ether oxygens (including phenoxy) is 1. The number of nitrogens with two attached hydrogens (primary N) is 1. The number of hydrazine groups is 1. The maximum atomic E-state index is 5.46. The minimum atomic E-state index is 0.635. The number of nitrogens with one attached hydrogen (secondary N) is 1. The lowest BCUT2D eigenvalue weighted by Gasteiger charge is -2.19. The number of rotatable bonds is 4. The van der Waals surface area contributed by atoms with Crippen LogP contribution in [0.4, 0.5) is 0 Å². The molecule has 88 valence electrons. The fourth-order valence-corrected chi connectivity index (χ4v) is 1.84. The lowest BCUT2D eigenvalue weighted by molar-refractivity contribution is 0.207. The standard InChI is InChI=1S/C10H22N4O/c1-3-9-4-6-14(8-9)10(13-11)12-5-7-15-2/h9H,3-8,11H2,1-2H3,(H,12,13). The SMILES string of the molecule is CCC1CCN(C(=NCCOC)NN)C1. The first-order chi connectivity index (χ1) is 7.31. The maximum Gasteiger partial charge on any atom is 0.208 e. The maximum absolute atomic E-state index is 5.46. The second-order valence-corrected chi connectivity index (χ2v) is 3.85. The molecule has 0 aromatic heterocycles. The van der Waals surface area contributed by atoms with Gasteiger partial charge in [0.2, 0.25) is 5.96 Å². The molecule has 3 N–H and O–H groups in total. The third-order valence-corrected chi connectivity index (χ3v) is 2.85. The van der Waals surface area contributed by atoms with Crippen molar-refractivity contribution in [2.24, 2.45) is 16.8 Å². The second kappa shape index (κ2) is 6.63. The van der Waals surface area contributed by atoms with Crippen molar-refractivity contribution >= 4 is 5.96 Å². The van der Waals surface area contributed by atoms with Gasteiger partial charge in [-0.3, -0.25) is 5.43 Å². The normalized spacial score (nSPS) is 22.2. The van der Waals surface area contributed by atoms with Crippen molar-refractivity contribution in [3.05, 3.63) is 0 Å². The van der Waals surface area contributed by atoms with E-state index >= 15 is 0 Å². The van der Waals surface area contributed by atoms with E-state index in [2.05, 4.69) is 22.2 Å². The lowest BCUT2D eigenvalue weighted by Crippen LogP contribution is -2.44. The van der Waals surface area contributed by atoms with Gasteiger partial charge in [0.05, 0.1) is 13.2 Å².